The Morgan fingerprint density at radius 3 is 2.41 bits per heavy atom. The van der Waals surface area contributed by atoms with Gasteiger partial charge < -0.3 is 9.30 Å². The summed E-state index contributed by atoms with van der Waals surface area (Å²) in [5, 5.41) is 5.05. The van der Waals surface area contributed by atoms with Crippen LogP contribution in [-0.2, 0) is 11.8 Å². The second kappa shape index (κ2) is 7.90. The first-order chi connectivity index (χ1) is 15.0. The number of halogens is 1. The molecule has 9 nitrogen and oxygen atoms in total. The smallest absolute Gasteiger partial charge is 0.420 e. The minimum absolute atomic E-state index is 0.287. The van der Waals surface area contributed by atoms with E-state index in [0.29, 0.717) is 27.8 Å². The average Bonchev–Trinajstić information content (AvgIpc) is 3.23. The summed E-state index contributed by atoms with van der Waals surface area (Å²) in [4.78, 5) is 28.6. The topological polar surface area (TPSA) is 91.0 Å². The van der Waals surface area contributed by atoms with Crippen LogP contribution in [0.1, 0.15) is 32.2 Å². The summed E-state index contributed by atoms with van der Waals surface area (Å²) in [5.74, 6) is 0.610. The van der Waals surface area contributed by atoms with E-state index in [1.807, 2.05) is 47.7 Å². The van der Waals surface area contributed by atoms with Crippen LogP contribution >= 0.6 is 11.6 Å². The molecule has 0 aliphatic rings. The van der Waals surface area contributed by atoms with Gasteiger partial charge >= 0.3 is 6.09 Å². The first-order valence-corrected chi connectivity index (χ1v) is 10.4. The SMILES string of the molecule is Cc1cc(C)n(-c2nc(N(C(=O)OC(C)(C)C)c3ccc(Cl)cc3)c3ncn(C)c3n2)n1. The molecular weight excluding hydrogens is 430 g/mol. The maximum absolute atomic E-state index is 13.4. The zero-order valence-electron chi connectivity index (χ0n) is 18.8. The molecule has 4 aromatic rings. The van der Waals surface area contributed by atoms with Crippen LogP contribution in [0.2, 0.25) is 5.02 Å². The highest BCUT2D eigenvalue weighted by Gasteiger charge is 2.30. The normalized spacial score (nSPS) is 11.7. The van der Waals surface area contributed by atoms with Crippen molar-refractivity contribution in [2.24, 2.45) is 7.05 Å². The van der Waals surface area contributed by atoms with E-state index in [-0.39, 0.29) is 5.82 Å². The molecule has 0 atom stereocenters. The van der Waals surface area contributed by atoms with E-state index in [1.54, 1.807) is 39.8 Å². The quantitative estimate of drug-likeness (QED) is 0.438. The molecule has 0 saturated carbocycles. The van der Waals surface area contributed by atoms with Gasteiger partial charge in [0.2, 0.25) is 0 Å². The van der Waals surface area contributed by atoms with Crippen LogP contribution < -0.4 is 4.90 Å². The van der Waals surface area contributed by atoms with E-state index in [1.165, 1.54) is 4.90 Å². The number of amides is 1. The monoisotopic (exact) mass is 453 g/mol. The number of carbonyl (C=O) groups is 1. The highest BCUT2D eigenvalue weighted by molar-refractivity contribution is 6.30. The van der Waals surface area contributed by atoms with Gasteiger partial charge in [-0.25, -0.2) is 19.4 Å². The lowest BCUT2D eigenvalue weighted by molar-refractivity contribution is 0.0598. The van der Waals surface area contributed by atoms with Crippen molar-refractivity contribution in [1.82, 2.24) is 29.3 Å². The standard InChI is InChI=1S/C22H24ClN7O2/c1-13-11-14(2)30(27-13)20-25-18-17(24-12-28(18)6)19(26-20)29(21(31)32-22(3,4)5)16-9-7-15(23)8-10-16/h7-12H,1-6H3. The van der Waals surface area contributed by atoms with E-state index in [9.17, 15) is 4.79 Å². The van der Waals surface area contributed by atoms with Crippen molar-refractivity contribution in [2.75, 3.05) is 4.90 Å². The van der Waals surface area contributed by atoms with Crippen molar-refractivity contribution >= 4 is 40.4 Å². The van der Waals surface area contributed by atoms with Crippen molar-refractivity contribution in [3.63, 3.8) is 0 Å². The van der Waals surface area contributed by atoms with Crippen LogP contribution in [-0.4, -0.2) is 41.0 Å². The number of aryl methyl sites for hydroxylation is 3. The number of hydrogen-bond donors (Lipinski definition) is 0. The molecule has 3 heterocycles. The Morgan fingerprint density at radius 2 is 1.81 bits per heavy atom. The third-order valence-corrected chi connectivity index (χ3v) is 4.85. The maximum atomic E-state index is 13.4. The zero-order valence-corrected chi connectivity index (χ0v) is 19.5. The van der Waals surface area contributed by atoms with Crippen molar-refractivity contribution in [1.29, 1.82) is 0 Å². The van der Waals surface area contributed by atoms with Gasteiger partial charge in [-0.05, 0) is 65.0 Å². The number of benzene rings is 1. The summed E-state index contributed by atoms with van der Waals surface area (Å²) in [7, 11) is 1.83. The van der Waals surface area contributed by atoms with Gasteiger partial charge in [-0.15, -0.1) is 0 Å². The Morgan fingerprint density at radius 1 is 1.12 bits per heavy atom. The van der Waals surface area contributed by atoms with E-state index in [4.69, 9.17) is 21.3 Å². The van der Waals surface area contributed by atoms with Crippen molar-refractivity contribution in [3.8, 4) is 5.95 Å². The predicted molar refractivity (Wildman–Crippen MR) is 123 cm³/mol. The van der Waals surface area contributed by atoms with Gasteiger partial charge in [-0.1, -0.05) is 11.6 Å². The number of ether oxygens (including phenoxy) is 1. The van der Waals surface area contributed by atoms with Crippen molar-refractivity contribution < 1.29 is 9.53 Å². The van der Waals surface area contributed by atoms with Crippen LogP contribution in [0, 0.1) is 13.8 Å². The highest BCUT2D eigenvalue weighted by atomic mass is 35.5. The van der Waals surface area contributed by atoms with E-state index >= 15 is 0 Å². The Kier molecular flexibility index (Phi) is 5.37. The van der Waals surface area contributed by atoms with E-state index < -0.39 is 11.7 Å². The zero-order chi connectivity index (χ0) is 23.2. The summed E-state index contributed by atoms with van der Waals surface area (Å²) in [5.41, 5.74) is 2.54. The molecule has 0 N–H and O–H groups in total. The Hall–Kier alpha value is -3.46. The largest absolute Gasteiger partial charge is 0.443 e. The van der Waals surface area contributed by atoms with Crippen LogP contribution in [0.5, 0.6) is 0 Å². The van der Waals surface area contributed by atoms with Gasteiger partial charge in [0.1, 0.15) is 5.60 Å². The summed E-state index contributed by atoms with van der Waals surface area (Å²) < 4.78 is 9.11. The van der Waals surface area contributed by atoms with Gasteiger partial charge in [0.25, 0.3) is 5.95 Å². The fraction of sp³-hybridized carbons (Fsp3) is 0.318. The van der Waals surface area contributed by atoms with Gasteiger partial charge in [-0.3, -0.25) is 0 Å². The molecule has 1 aromatic carbocycles. The molecule has 0 unspecified atom stereocenters. The van der Waals surface area contributed by atoms with Crippen molar-refractivity contribution in [3.05, 3.63) is 53.1 Å². The molecule has 1 amide bonds. The highest BCUT2D eigenvalue weighted by Crippen LogP contribution is 2.32. The molecule has 4 rings (SSSR count). The predicted octanol–water partition coefficient (Wildman–Crippen LogP) is 4.89. The third kappa shape index (κ3) is 4.16. The fourth-order valence-electron chi connectivity index (χ4n) is 3.27. The molecule has 166 valence electrons. The molecule has 0 fully saturated rings. The number of anilines is 2. The molecule has 0 saturated heterocycles. The Bertz CT molecular complexity index is 1300. The Labute approximate surface area is 190 Å². The summed E-state index contributed by atoms with van der Waals surface area (Å²) in [6.07, 6.45) is 1.04. The van der Waals surface area contributed by atoms with Gasteiger partial charge in [0.15, 0.2) is 17.0 Å². The fourth-order valence-corrected chi connectivity index (χ4v) is 3.40. The molecule has 32 heavy (non-hydrogen) atoms. The first-order valence-electron chi connectivity index (χ1n) is 10.0. The average molecular weight is 454 g/mol. The van der Waals surface area contributed by atoms with Crippen molar-refractivity contribution in [2.45, 2.75) is 40.2 Å². The number of hydrogen-bond acceptors (Lipinski definition) is 6. The molecule has 10 heteroatoms. The number of rotatable bonds is 3. The van der Waals surface area contributed by atoms with Crippen LogP contribution in [0.3, 0.4) is 0 Å². The van der Waals surface area contributed by atoms with Crippen LogP contribution in [0.15, 0.2) is 36.7 Å². The summed E-state index contributed by atoms with van der Waals surface area (Å²) in [6.45, 7) is 9.24. The molecule has 0 radical (unpaired) electrons. The second-order valence-corrected chi connectivity index (χ2v) is 8.94. The molecule has 0 spiro atoms. The molecular formula is C22H24ClN7O2. The van der Waals surface area contributed by atoms with Gasteiger partial charge in [-0.2, -0.15) is 15.1 Å². The molecule has 0 aliphatic carbocycles. The lowest BCUT2D eigenvalue weighted by Gasteiger charge is -2.27. The van der Waals surface area contributed by atoms with E-state index in [0.717, 1.165) is 11.4 Å². The van der Waals surface area contributed by atoms with Crippen LogP contribution in [0.4, 0.5) is 16.3 Å². The number of imidazole rings is 1. The molecule has 0 bridgehead atoms. The van der Waals surface area contributed by atoms with Crippen LogP contribution in [0.25, 0.3) is 17.1 Å². The van der Waals surface area contributed by atoms with E-state index in [2.05, 4.69) is 15.1 Å². The second-order valence-electron chi connectivity index (χ2n) is 8.51. The number of nitrogens with zero attached hydrogens (tertiary/aromatic N) is 7. The molecule has 0 aliphatic heterocycles. The Balaban J connectivity index is 1.98. The summed E-state index contributed by atoms with van der Waals surface area (Å²) >= 11 is 6.08. The number of fused-ring (bicyclic) bond motifs is 1. The number of aromatic nitrogens is 6. The van der Waals surface area contributed by atoms with Gasteiger partial charge in [0, 0.05) is 17.8 Å². The maximum Gasteiger partial charge on any atom is 0.420 e. The number of carbonyl (C=O) groups excluding carboxylic acids is 1. The minimum Gasteiger partial charge on any atom is -0.443 e. The minimum atomic E-state index is -0.712. The lowest BCUT2D eigenvalue weighted by Crippen LogP contribution is -2.34. The first kappa shape index (κ1) is 21.8. The third-order valence-electron chi connectivity index (χ3n) is 4.60. The van der Waals surface area contributed by atoms with Gasteiger partial charge in [0.05, 0.1) is 17.7 Å². The molecule has 3 aromatic heterocycles. The lowest BCUT2D eigenvalue weighted by atomic mass is 10.2. The summed E-state index contributed by atoms with van der Waals surface area (Å²) in [6, 6.07) is 8.79.